The fraction of sp³-hybridized carbons (Fsp3) is 0.231. The molecule has 0 atom stereocenters. The van der Waals surface area contributed by atoms with E-state index in [1.54, 1.807) is 18.3 Å². The molecule has 0 saturated carbocycles. The molecule has 3 nitrogen and oxygen atoms in total. The standard InChI is InChI=1S/C13H13ClFN3/c1-9-8-17-13(14)18-12(9)16-7-6-10-4-2-3-5-11(10)15/h2-5,8H,6-7H2,1H3,(H,16,17,18). The predicted octanol–water partition coefficient (Wildman–Crippen LogP) is 3.23. The Bertz CT molecular complexity index is 546. The SMILES string of the molecule is Cc1cnc(Cl)nc1NCCc1ccccc1F. The summed E-state index contributed by atoms with van der Waals surface area (Å²) in [6, 6.07) is 6.74. The van der Waals surface area contributed by atoms with Gasteiger partial charge in [0.1, 0.15) is 11.6 Å². The average molecular weight is 266 g/mol. The summed E-state index contributed by atoms with van der Waals surface area (Å²) in [7, 11) is 0. The Morgan fingerprint density at radius 2 is 2.11 bits per heavy atom. The van der Waals surface area contributed by atoms with Crippen LogP contribution in [0.2, 0.25) is 5.28 Å². The van der Waals surface area contributed by atoms with E-state index in [1.807, 2.05) is 13.0 Å². The summed E-state index contributed by atoms with van der Waals surface area (Å²) in [5, 5.41) is 3.33. The minimum absolute atomic E-state index is 0.184. The third-order valence-corrected chi connectivity index (χ3v) is 2.77. The van der Waals surface area contributed by atoms with E-state index >= 15 is 0 Å². The topological polar surface area (TPSA) is 37.8 Å². The summed E-state index contributed by atoms with van der Waals surface area (Å²) in [5.41, 5.74) is 1.59. The first-order valence-corrected chi connectivity index (χ1v) is 6.01. The van der Waals surface area contributed by atoms with Crippen molar-refractivity contribution in [1.29, 1.82) is 0 Å². The van der Waals surface area contributed by atoms with Crippen LogP contribution in [0.25, 0.3) is 0 Å². The summed E-state index contributed by atoms with van der Waals surface area (Å²) < 4.78 is 13.4. The van der Waals surface area contributed by atoms with Crippen LogP contribution in [0.4, 0.5) is 10.2 Å². The van der Waals surface area contributed by atoms with Gasteiger partial charge in [-0.2, -0.15) is 0 Å². The van der Waals surface area contributed by atoms with E-state index in [0.29, 0.717) is 24.3 Å². The maximum atomic E-state index is 13.4. The summed E-state index contributed by atoms with van der Waals surface area (Å²) >= 11 is 5.72. The molecular weight excluding hydrogens is 253 g/mol. The summed E-state index contributed by atoms with van der Waals surface area (Å²) in [6.07, 6.45) is 2.24. The van der Waals surface area contributed by atoms with Crippen molar-refractivity contribution in [3.05, 3.63) is 52.7 Å². The zero-order chi connectivity index (χ0) is 13.0. The first kappa shape index (κ1) is 12.8. The molecule has 1 aromatic carbocycles. The molecule has 1 aromatic heterocycles. The summed E-state index contributed by atoms with van der Waals surface area (Å²) in [4.78, 5) is 7.95. The van der Waals surface area contributed by atoms with Crippen LogP contribution in [0, 0.1) is 12.7 Å². The number of nitrogens with one attached hydrogen (secondary N) is 1. The van der Waals surface area contributed by atoms with Crippen molar-refractivity contribution in [3.63, 3.8) is 0 Å². The van der Waals surface area contributed by atoms with Crippen LogP contribution < -0.4 is 5.32 Å². The first-order valence-electron chi connectivity index (χ1n) is 5.63. The van der Waals surface area contributed by atoms with Gasteiger partial charge >= 0.3 is 0 Å². The van der Waals surface area contributed by atoms with Gasteiger partial charge < -0.3 is 5.32 Å². The third kappa shape index (κ3) is 3.17. The molecule has 1 heterocycles. The second kappa shape index (κ2) is 5.78. The quantitative estimate of drug-likeness (QED) is 0.863. The fourth-order valence-electron chi connectivity index (χ4n) is 1.62. The van der Waals surface area contributed by atoms with Crippen molar-refractivity contribution >= 4 is 17.4 Å². The molecule has 2 aromatic rings. The molecule has 0 amide bonds. The molecule has 0 fully saturated rings. The van der Waals surface area contributed by atoms with Gasteiger partial charge in [0.25, 0.3) is 0 Å². The first-order chi connectivity index (χ1) is 8.66. The Hall–Kier alpha value is -1.68. The molecule has 18 heavy (non-hydrogen) atoms. The van der Waals surface area contributed by atoms with Crippen molar-refractivity contribution in [3.8, 4) is 0 Å². The zero-order valence-electron chi connectivity index (χ0n) is 9.95. The van der Waals surface area contributed by atoms with Crippen LogP contribution in [-0.4, -0.2) is 16.5 Å². The molecule has 5 heteroatoms. The van der Waals surface area contributed by atoms with Gasteiger partial charge in [0.05, 0.1) is 0 Å². The highest BCUT2D eigenvalue weighted by molar-refractivity contribution is 6.28. The van der Waals surface area contributed by atoms with E-state index in [1.165, 1.54) is 6.07 Å². The minimum atomic E-state index is -0.184. The number of hydrogen-bond acceptors (Lipinski definition) is 3. The molecule has 0 aliphatic heterocycles. The zero-order valence-corrected chi connectivity index (χ0v) is 10.7. The summed E-state index contributed by atoms with van der Waals surface area (Å²) in [6.45, 7) is 2.48. The number of rotatable bonds is 4. The molecule has 0 aliphatic rings. The number of anilines is 1. The van der Waals surface area contributed by atoms with Crippen LogP contribution in [0.5, 0.6) is 0 Å². The van der Waals surface area contributed by atoms with E-state index in [0.717, 1.165) is 5.56 Å². The van der Waals surface area contributed by atoms with Crippen molar-refractivity contribution in [2.75, 3.05) is 11.9 Å². The Kier molecular flexibility index (Phi) is 4.10. The molecule has 2 rings (SSSR count). The number of nitrogens with zero attached hydrogens (tertiary/aromatic N) is 2. The second-order valence-electron chi connectivity index (χ2n) is 3.94. The van der Waals surface area contributed by atoms with Gasteiger partial charge in [0.2, 0.25) is 5.28 Å². The molecule has 0 bridgehead atoms. The van der Waals surface area contributed by atoms with Crippen molar-refractivity contribution < 1.29 is 4.39 Å². The highest BCUT2D eigenvalue weighted by atomic mass is 35.5. The van der Waals surface area contributed by atoms with Crippen LogP contribution >= 0.6 is 11.6 Å². The van der Waals surface area contributed by atoms with E-state index in [-0.39, 0.29) is 11.1 Å². The highest BCUT2D eigenvalue weighted by Crippen LogP contribution is 2.13. The largest absolute Gasteiger partial charge is 0.369 e. The van der Waals surface area contributed by atoms with Crippen LogP contribution in [-0.2, 0) is 6.42 Å². The number of aromatic nitrogens is 2. The van der Waals surface area contributed by atoms with Crippen molar-refractivity contribution in [2.45, 2.75) is 13.3 Å². The van der Waals surface area contributed by atoms with Gasteiger partial charge in [-0.3, -0.25) is 0 Å². The highest BCUT2D eigenvalue weighted by Gasteiger charge is 2.03. The molecule has 94 valence electrons. The normalized spacial score (nSPS) is 10.4. The van der Waals surface area contributed by atoms with Gasteiger partial charge in [-0.1, -0.05) is 18.2 Å². The van der Waals surface area contributed by atoms with E-state index in [9.17, 15) is 4.39 Å². The van der Waals surface area contributed by atoms with Gasteiger partial charge in [0.15, 0.2) is 0 Å². The Morgan fingerprint density at radius 3 is 2.89 bits per heavy atom. The van der Waals surface area contributed by atoms with Gasteiger partial charge in [-0.25, -0.2) is 14.4 Å². The molecule has 1 N–H and O–H groups in total. The monoisotopic (exact) mass is 265 g/mol. The minimum Gasteiger partial charge on any atom is -0.369 e. The van der Waals surface area contributed by atoms with E-state index < -0.39 is 0 Å². The molecule has 0 saturated heterocycles. The smallest absolute Gasteiger partial charge is 0.224 e. The van der Waals surface area contributed by atoms with E-state index in [4.69, 9.17) is 11.6 Å². The van der Waals surface area contributed by atoms with Gasteiger partial charge in [0, 0.05) is 18.3 Å². The fourth-order valence-corrected chi connectivity index (χ4v) is 1.75. The average Bonchev–Trinajstić information content (AvgIpc) is 2.36. The second-order valence-corrected chi connectivity index (χ2v) is 4.28. The summed E-state index contributed by atoms with van der Waals surface area (Å²) in [5.74, 6) is 0.503. The maximum Gasteiger partial charge on any atom is 0.224 e. The lowest BCUT2D eigenvalue weighted by Gasteiger charge is -2.08. The van der Waals surface area contributed by atoms with E-state index in [2.05, 4.69) is 15.3 Å². The van der Waals surface area contributed by atoms with Crippen LogP contribution in [0.1, 0.15) is 11.1 Å². The van der Waals surface area contributed by atoms with Gasteiger partial charge in [-0.05, 0) is 36.6 Å². The lowest BCUT2D eigenvalue weighted by atomic mass is 10.1. The molecule has 0 radical (unpaired) electrons. The maximum absolute atomic E-state index is 13.4. The number of aryl methyl sites for hydroxylation is 1. The van der Waals surface area contributed by atoms with Crippen molar-refractivity contribution in [1.82, 2.24) is 9.97 Å². The van der Waals surface area contributed by atoms with Gasteiger partial charge in [-0.15, -0.1) is 0 Å². The molecule has 0 aliphatic carbocycles. The Morgan fingerprint density at radius 1 is 1.33 bits per heavy atom. The number of benzene rings is 1. The third-order valence-electron chi connectivity index (χ3n) is 2.59. The molecule has 0 spiro atoms. The number of hydrogen-bond donors (Lipinski definition) is 1. The Balaban J connectivity index is 1.96. The van der Waals surface area contributed by atoms with Crippen molar-refractivity contribution in [2.24, 2.45) is 0 Å². The molecular formula is C13H13ClFN3. The van der Waals surface area contributed by atoms with Crippen LogP contribution in [0.15, 0.2) is 30.5 Å². The number of halogens is 2. The predicted molar refractivity (Wildman–Crippen MR) is 70.4 cm³/mol. The Labute approximate surface area is 110 Å². The lowest BCUT2D eigenvalue weighted by Crippen LogP contribution is -2.09. The molecule has 0 unspecified atom stereocenters. The lowest BCUT2D eigenvalue weighted by molar-refractivity contribution is 0.610. The van der Waals surface area contributed by atoms with Crippen LogP contribution in [0.3, 0.4) is 0 Å².